The summed E-state index contributed by atoms with van der Waals surface area (Å²) < 4.78 is 1.93. The summed E-state index contributed by atoms with van der Waals surface area (Å²) in [5.74, 6) is -1.68. The summed E-state index contributed by atoms with van der Waals surface area (Å²) in [5, 5.41) is 22.8. The van der Waals surface area contributed by atoms with Gasteiger partial charge >= 0.3 is 5.97 Å². The summed E-state index contributed by atoms with van der Waals surface area (Å²) in [6, 6.07) is 14.6. The topological polar surface area (TPSA) is 124 Å². The number of nitrogens with one attached hydrogen (secondary N) is 1. The molecule has 0 spiro atoms. The third kappa shape index (κ3) is 6.95. The molecule has 1 aromatic carbocycles. The van der Waals surface area contributed by atoms with E-state index in [0.29, 0.717) is 6.54 Å². The minimum Gasteiger partial charge on any atom is -0.481 e. The van der Waals surface area contributed by atoms with E-state index in [0.717, 1.165) is 99.4 Å². The van der Waals surface area contributed by atoms with Crippen LogP contribution in [0.5, 0.6) is 0 Å². The average Bonchev–Trinajstić information content (AvgIpc) is 3.30. The number of pyridine rings is 2. The Bertz CT molecular complexity index is 1530. The summed E-state index contributed by atoms with van der Waals surface area (Å²) >= 11 is 0. The molecular weight excluding hydrogens is 532 g/mol. The summed E-state index contributed by atoms with van der Waals surface area (Å²) in [6.07, 6.45) is 8.17. The van der Waals surface area contributed by atoms with Gasteiger partial charge in [0, 0.05) is 74.9 Å². The highest BCUT2D eigenvalue weighted by Gasteiger charge is 2.29. The molecule has 0 unspecified atom stereocenters. The van der Waals surface area contributed by atoms with Gasteiger partial charge in [0.05, 0.1) is 22.9 Å². The van der Waals surface area contributed by atoms with Crippen LogP contribution in [0.2, 0.25) is 0 Å². The molecule has 4 aromatic rings. The Morgan fingerprint density at radius 1 is 1.02 bits per heavy atom. The molecule has 10 nitrogen and oxygen atoms in total. The van der Waals surface area contributed by atoms with Gasteiger partial charge in [-0.05, 0) is 56.0 Å². The zero-order valence-electron chi connectivity index (χ0n) is 24.2. The van der Waals surface area contributed by atoms with Crippen molar-refractivity contribution in [2.45, 2.75) is 51.7 Å². The number of benzene rings is 1. The number of nitrogens with zero attached hydrogens (tertiary/aromatic N) is 5. The number of aliphatic carboxylic acids is 2. The Hall–Kier alpha value is -3.86. The second-order valence-electron chi connectivity index (χ2n) is 11.0. The number of carboxylic acids is 2. The molecule has 1 aliphatic heterocycles. The highest BCUT2D eigenvalue weighted by molar-refractivity contribution is 6.09. The molecule has 1 aliphatic carbocycles. The van der Waals surface area contributed by atoms with Gasteiger partial charge in [0.1, 0.15) is 6.54 Å². The van der Waals surface area contributed by atoms with E-state index in [-0.39, 0.29) is 12.6 Å². The van der Waals surface area contributed by atoms with Gasteiger partial charge in [0.25, 0.3) is 5.97 Å². The summed E-state index contributed by atoms with van der Waals surface area (Å²) in [4.78, 5) is 35.7. The van der Waals surface area contributed by atoms with Crippen LogP contribution in [-0.2, 0) is 29.1 Å². The second-order valence-corrected chi connectivity index (χ2v) is 11.0. The van der Waals surface area contributed by atoms with Gasteiger partial charge in [-0.1, -0.05) is 24.3 Å². The van der Waals surface area contributed by atoms with Gasteiger partial charge in [-0.3, -0.25) is 24.5 Å². The van der Waals surface area contributed by atoms with E-state index in [1.54, 1.807) is 0 Å². The van der Waals surface area contributed by atoms with E-state index in [2.05, 4.69) is 27.2 Å². The lowest BCUT2D eigenvalue weighted by Gasteiger charge is -2.36. The van der Waals surface area contributed by atoms with Crippen molar-refractivity contribution in [3.63, 3.8) is 0 Å². The summed E-state index contributed by atoms with van der Waals surface area (Å²) in [7, 11) is 0. The standard InChI is InChI=1S/C30H36N6O2.C2H4O2/c37-28(38)21-36-26-9-2-1-8-23(26)24-11-13-32-25(30(24)36)20-35(17-5-16-34-18-14-31-15-19-34)27-10-3-6-22-7-4-12-33-29(22)27;1-2(3)4/h1-2,4,7-9,11-13,27,31H,3,5-6,10,14-21H2,(H,37,38);1H3,(H,3,4)/t27-;/m0./s1. The van der Waals surface area contributed by atoms with E-state index in [9.17, 15) is 9.90 Å². The number of aryl methyl sites for hydroxylation is 1. The van der Waals surface area contributed by atoms with Gasteiger partial charge < -0.3 is 25.0 Å². The number of para-hydroxylation sites is 1. The first kappa shape index (κ1) is 29.6. The molecule has 1 saturated heterocycles. The van der Waals surface area contributed by atoms with Crippen LogP contribution in [0.15, 0.2) is 54.9 Å². The van der Waals surface area contributed by atoms with E-state index in [4.69, 9.17) is 19.9 Å². The van der Waals surface area contributed by atoms with Crippen LogP contribution in [0.4, 0.5) is 0 Å². The Balaban J connectivity index is 0.000000830. The molecular formula is C32H40N6O4. The number of carbonyl (C=O) groups is 2. The van der Waals surface area contributed by atoms with Crippen LogP contribution >= 0.6 is 0 Å². The molecule has 10 heteroatoms. The van der Waals surface area contributed by atoms with Crippen molar-refractivity contribution in [1.29, 1.82) is 0 Å². The van der Waals surface area contributed by atoms with E-state index < -0.39 is 11.9 Å². The minimum atomic E-state index is -0.847. The third-order valence-electron chi connectivity index (χ3n) is 8.14. The van der Waals surface area contributed by atoms with Crippen LogP contribution in [0.1, 0.15) is 49.2 Å². The third-order valence-corrected chi connectivity index (χ3v) is 8.14. The van der Waals surface area contributed by atoms with Crippen LogP contribution in [-0.4, -0.2) is 85.8 Å². The Labute approximate surface area is 246 Å². The molecule has 0 amide bonds. The average molecular weight is 573 g/mol. The molecule has 42 heavy (non-hydrogen) atoms. The van der Waals surface area contributed by atoms with Crippen molar-refractivity contribution >= 4 is 33.7 Å². The molecule has 0 saturated carbocycles. The maximum atomic E-state index is 11.9. The lowest BCUT2D eigenvalue weighted by molar-refractivity contribution is -0.137. The zero-order valence-corrected chi connectivity index (χ0v) is 24.2. The Morgan fingerprint density at radius 2 is 1.81 bits per heavy atom. The maximum absolute atomic E-state index is 11.9. The smallest absolute Gasteiger partial charge is 0.323 e. The molecule has 1 atom stereocenters. The molecule has 1 fully saturated rings. The van der Waals surface area contributed by atoms with Crippen molar-refractivity contribution in [2.24, 2.45) is 0 Å². The molecule has 3 aromatic heterocycles. The molecule has 6 rings (SSSR count). The molecule has 4 heterocycles. The van der Waals surface area contributed by atoms with Crippen molar-refractivity contribution in [2.75, 3.05) is 39.3 Å². The number of piperazine rings is 1. The molecule has 3 N–H and O–H groups in total. The Morgan fingerprint density at radius 3 is 2.60 bits per heavy atom. The first-order valence-corrected chi connectivity index (χ1v) is 14.8. The van der Waals surface area contributed by atoms with Crippen molar-refractivity contribution < 1.29 is 19.8 Å². The molecule has 0 radical (unpaired) electrons. The Kier molecular flexibility index (Phi) is 9.78. The van der Waals surface area contributed by atoms with Crippen molar-refractivity contribution in [1.82, 2.24) is 29.7 Å². The minimum absolute atomic E-state index is 0.0838. The quantitative estimate of drug-likeness (QED) is 0.274. The number of fused-ring (bicyclic) bond motifs is 4. The fraction of sp³-hybridized carbons (Fsp3) is 0.438. The number of rotatable bonds is 9. The molecule has 0 bridgehead atoms. The highest BCUT2D eigenvalue weighted by Crippen LogP contribution is 2.36. The van der Waals surface area contributed by atoms with E-state index >= 15 is 0 Å². The first-order valence-electron chi connectivity index (χ1n) is 14.8. The second kappa shape index (κ2) is 13.9. The largest absolute Gasteiger partial charge is 0.481 e. The fourth-order valence-electron chi connectivity index (χ4n) is 6.40. The molecule has 2 aliphatic rings. The fourth-order valence-corrected chi connectivity index (χ4v) is 6.40. The van der Waals surface area contributed by atoms with Gasteiger partial charge in [-0.15, -0.1) is 0 Å². The summed E-state index contributed by atoms with van der Waals surface area (Å²) in [5.41, 5.74) is 5.35. The SMILES string of the molecule is CC(=O)O.O=C(O)Cn1c2ccccc2c2ccnc(CN(CCCN3CCNCC3)[C@H]3CCCc4cccnc43)c21. The normalized spacial score (nSPS) is 17.1. The van der Waals surface area contributed by atoms with Crippen LogP contribution in [0.25, 0.3) is 21.8 Å². The summed E-state index contributed by atoms with van der Waals surface area (Å²) in [6.45, 7) is 8.01. The maximum Gasteiger partial charge on any atom is 0.323 e. The molecule has 222 valence electrons. The monoisotopic (exact) mass is 572 g/mol. The number of hydrogen-bond donors (Lipinski definition) is 3. The number of aromatic nitrogens is 3. The van der Waals surface area contributed by atoms with E-state index in [1.807, 2.05) is 47.3 Å². The zero-order chi connectivity index (χ0) is 29.5. The lowest BCUT2D eigenvalue weighted by atomic mass is 9.90. The first-order chi connectivity index (χ1) is 20.4. The lowest BCUT2D eigenvalue weighted by Crippen LogP contribution is -2.44. The number of hydrogen-bond acceptors (Lipinski definition) is 7. The van der Waals surface area contributed by atoms with E-state index in [1.165, 1.54) is 11.3 Å². The number of carboxylic acid groups (broad SMARTS) is 2. The van der Waals surface area contributed by atoms with Gasteiger partial charge in [0.15, 0.2) is 0 Å². The van der Waals surface area contributed by atoms with Crippen molar-refractivity contribution in [3.05, 3.63) is 71.8 Å². The van der Waals surface area contributed by atoms with Crippen LogP contribution in [0, 0.1) is 0 Å². The van der Waals surface area contributed by atoms with Crippen LogP contribution < -0.4 is 5.32 Å². The van der Waals surface area contributed by atoms with Gasteiger partial charge in [0.2, 0.25) is 0 Å². The van der Waals surface area contributed by atoms with Crippen molar-refractivity contribution in [3.8, 4) is 0 Å². The van der Waals surface area contributed by atoms with Gasteiger partial charge in [-0.2, -0.15) is 0 Å². The highest BCUT2D eigenvalue weighted by atomic mass is 16.4. The van der Waals surface area contributed by atoms with Gasteiger partial charge in [-0.25, -0.2) is 0 Å². The predicted octanol–water partition coefficient (Wildman–Crippen LogP) is 3.93. The van der Waals surface area contributed by atoms with Crippen LogP contribution in [0.3, 0.4) is 0 Å². The predicted molar refractivity (Wildman–Crippen MR) is 162 cm³/mol.